The van der Waals surface area contributed by atoms with Gasteiger partial charge >= 0.3 is 17.9 Å². The van der Waals surface area contributed by atoms with E-state index in [2.05, 4.69) is 34.4 Å². The van der Waals surface area contributed by atoms with Gasteiger partial charge in [0.1, 0.15) is 22.4 Å². The second kappa shape index (κ2) is 41.5. The van der Waals surface area contributed by atoms with Crippen molar-refractivity contribution in [2.45, 2.75) is 40.0 Å². The van der Waals surface area contributed by atoms with Crippen LogP contribution in [0.15, 0.2) is 121 Å². The number of hydrogen-bond acceptors (Lipinski definition) is 23. The maximum atomic E-state index is 13.3. The number of anilines is 3. The molecule has 5 aromatic carbocycles. The van der Waals surface area contributed by atoms with Gasteiger partial charge < -0.3 is 77.3 Å². The fraction of sp³-hybridized carbons (Fsp3) is 0.410. The van der Waals surface area contributed by atoms with Crippen LogP contribution < -0.4 is 33.6 Å². The van der Waals surface area contributed by atoms with Gasteiger partial charge in [0.15, 0.2) is 0 Å². The normalized spacial score (nSPS) is 13.7. The van der Waals surface area contributed by atoms with Crippen molar-refractivity contribution >= 4 is 143 Å². The zero-order chi connectivity index (χ0) is 80.8. The Morgan fingerprint density at radius 2 is 0.796 bits per heavy atom. The molecule has 30 heteroatoms. The van der Waals surface area contributed by atoms with Crippen molar-refractivity contribution in [1.82, 2.24) is 44.4 Å². The summed E-state index contributed by atoms with van der Waals surface area (Å²) in [4.78, 5) is 112. The van der Waals surface area contributed by atoms with Crippen molar-refractivity contribution in [1.29, 1.82) is 0 Å². The minimum absolute atomic E-state index is 0.0459. The number of rotatable bonds is 28. The number of nitrogens with zero attached hydrogens (tertiary/aromatic N) is 12. The van der Waals surface area contributed by atoms with Crippen LogP contribution in [0.2, 0.25) is 20.1 Å². The zero-order valence-electron chi connectivity index (χ0n) is 65.6. The number of aromatic nitrogens is 3. The quantitative estimate of drug-likeness (QED) is 0.0252. The smallest absolute Gasteiger partial charge is 0.345 e. The van der Waals surface area contributed by atoms with Gasteiger partial charge in [-0.3, -0.25) is 14.4 Å². The van der Waals surface area contributed by atoms with Crippen molar-refractivity contribution in [3.05, 3.63) is 173 Å². The average Bonchev–Trinajstić information content (AvgIpc) is 1.15. The van der Waals surface area contributed by atoms with E-state index >= 15 is 0 Å². The monoisotopic (exact) mass is 1640 g/mol. The van der Waals surface area contributed by atoms with Crippen molar-refractivity contribution in [3.8, 4) is 23.4 Å². The van der Waals surface area contributed by atoms with Crippen LogP contribution in [0.4, 0.5) is 17.1 Å². The topological polar surface area (TPSA) is 235 Å². The Kier molecular flexibility index (Phi) is 31.6. The Labute approximate surface area is 683 Å². The largest absolute Gasteiger partial charge is 0.497 e. The summed E-state index contributed by atoms with van der Waals surface area (Å²) in [6.45, 7) is 15.9. The Bertz CT molecular complexity index is 4770. The maximum absolute atomic E-state index is 13.3. The molecule has 7 heterocycles. The fourth-order valence-corrected chi connectivity index (χ4v) is 14.7. The molecule has 3 amide bonds. The van der Waals surface area contributed by atoms with Gasteiger partial charge in [0.05, 0.1) is 95.3 Å². The van der Waals surface area contributed by atoms with Crippen LogP contribution in [0.3, 0.4) is 0 Å². The second-order valence-corrected chi connectivity index (χ2v) is 30.2. The standard InChI is InChI=1S/C29H35ClN4O5.C28H31Cl3N4O4.C26H32N4O4S/c1-5-38-29(36)25-26(23-19-21(30)9-12-24(23)31-27(25)39-18-6-13-32(2)3)33-14-16-34(17-15-33)28(35)20-7-10-22(37-4)11-8-20;1-4-38-28(37)24-25(20-17-19(29)7-9-23(20)32-26(24)39-15-5-10-33(2)3)34-11-13-35(14-12-34)27(36)18-6-8-21(30)22(31)16-18;1-4-33-26(32)22-23(29-13-15-30(16-14-29)25(31)21-11-7-18-35-21)19-9-5-6-10-20(19)27-24(22)34-17-8-12-28(2)3/h7-12,19H,5-6,13-18H2,1-4H3;6-9,16-17H,4-5,10-15H2,1-3H3;5-7,9-11,18H,4,8,12-17H2,1-3H3. The molecule has 0 bridgehead atoms. The fourth-order valence-electron chi connectivity index (χ4n) is 13.4. The van der Waals surface area contributed by atoms with Crippen LogP contribution in [0.1, 0.15) is 101 Å². The van der Waals surface area contributed by atoms with E-state index < -0.39 is 17.9 Å². The zero-order valence-corrected chi connectivity index (χ0v) is 69.5. The lowest BCUT2D eigenvalue weighted by Gasteiger charge is -2.37. The summed E-state index contributed by atoms with van der Waals surface area (Å²) in [6, 6.07) is 34.2. The third-order valence-corrected chi connectivity index (χ3v) is 21.0. The van der Waals surface area contributed by atoms with Gasteiger partial charge in [0.25, 0.3) is 17.7 Å². The van der Waals surface area contributed by atoms with Crippen LogP contribution in [0, 0.1) is 0 Å². The van der Waals surface area contributed by atoms with Crippen LogP contribution >= 0.6 is 57.7 Å². The summed E-state index contributed by atoms with van der Waals surface area (Å²) in [5, 5.41) is 6.02. The molecular formula is C83H98Cl4N12O13S. The third kappa shape index (κ3) is 22.3. The average molecular weight is 1650 g/mol. The minimum Gasteiger partial charge on any atom is -0.497 e. The number of halogens is 4. The summed E-state index contributed by atoms with van der Waals surface area (Å²) in [7, 11) is 13.6. The lowest BCUT2D eigenvalue weighted by molar-refractivity contribution is 0.0511. The summed E-state index contributed by atoms with van der Waals surface area (Å²) in [5.74, 6) is -0.115. The SMILES string of the molecule is CCOC(=O)c1c(OCCCN(C)C)nc2ccc(Cl)cc2c1N1CCN(C(=O)c2ccc(Cl)c(Cl)c2)CC1.CCOC(=O)c1c(OCCCN(C)C)nc2ccc(Cl)cc2c1N1CCN(C(=O)c2ccc(OC)cc2)CC1.CCOC(=O)c1c(OCCCN(C)C)nc2ccccc2c1N1CCN(C(=O)c2cccs2)CC1. The number of ether oxygens (including phenoxy) is 7. The van der Waals surface area contributed by atoms with Gasteiger partial charge in [-0.25, -0.2) is 29.3 Å². The van der Waals surface area contributed by atoms with Crippen molar-refractivity contribution in [2.75, 3.05) is 202 Å². The molecule has 4 aromatic heterocycles. The summed E-state index contributed by atoms with van der Waals surface area (Å²) in [6.07, 6.45) is 2.35. The van der Waals surface area contributed by atoms with Crippen molar-refractivity contribution < 1.29 is 61.9 Å². The number of pyridine rings is 3. The number of hydrogen-bond donors (Lipinski definition) is 0. The van der Waals surface area contributed by atoms with E-state index in [0.717, 1.165) is 71.1 Å². The number of fused-ring (bicyclic) bond motifs is 3. The number of para-hydroxylation sites is 1. The van der Waals surface area contributed by atoms with Crippen molar-refractivity contribution in [2.24, 2.45) is 0 Å². The van der Waals surface area contributed by atoms with Gasteiger partial charge in [-0.05, 0) is 179 Å². The molecule has 0 atom stereocenters. The Hall–Kier alpha value is -9.51. The molecule has 602 valence electrons. The second-order valence-electron chi connectivity index (χ2n) is 27.6. The molecule has 0 N–H and O–H groups in total. The number of piperazine rings is 3. The van der Waals surface area contributed by atoms with Gasteiger partial charge in [-0.2, -0.15) is 0 Å². The first kappa shape index (κ1) is 85.9. The first-order valence-electron chi connectivity index (χ1n) is 37.8. The highest BCUT2D eigenvalue weighted by atomic mass is 35.5. The van der Waals surface area contributed by atoms with Gasteiger partial charge in [-0.1, -0.05) is 70.7 Å². The van der Waals surface area contributed by atoms with E-state index in [-0.39, 0.29) is 60.4 Å². The van der Waals surface area contributed by atoms with Gasteiger partial charge in [-0.15, -0.1) is 11.3 Å². The van der Waals surface area contributed by atoms with Crippen LogP contribution in [-0.2, 0) is 14.2 Å². The van der Waals surface area contributed by atoms with E-state index in [1.165, 1.54) is 11.3 Å². The van der Waals surface area contributed by atoms with Crippen LogP contribution in [0.5, 0.6) is 23.4 Å². The lowest BCUT2D eigenvalue weighted by Crippen LogP contribution is -2.49. The molecule has 113 heavy (non-hydrogen) atoms. The highest BCUT2D eigenvalue weighted by Crippen LogP contribution is 2.42. The highest BCUT2D eigenvalue weighted by molar-refractivity contribution is 7.12. The van der Waals surface area contributed by atoms with Crippen molar-refractivity contribution in [3.63, 3.8) is 0 Å². The van der Waals surface area contributed by atoms with E-state index in [0.29, 0.717) is 169 Å². The van der Waals surface area contributed by atoms with E-state index in [4.69, 9.17) is 89.5 Å². The number of benzene rings is 5. The molecule has 3 aliphatic heterocycles. The molecule has 0 saturated carbocycles. The molecule has 12 rings (SSSR count). The van der Waals surface area contributed by atoms with E-state index in [1.807, 2.05) is 112 Å². The van der Waals surface area contributed by atoms with Gasteiger partial charge in [0.2, 0.25) is 17.6 Å². The van der Waals surface area contributed by atoms with Crippen LogP contribution in [0.25, 0.3) is 32.7 Å². The van der Waals surface area contributed by atoms with Gasteiger partial charge in [0, 0.05) is 136 Å². The summed E-state index contributed by atoms with van der Waals surface area (Å²) >= 11 is 26.4. The van der Waals surface area contributed by atoms with E-state index in [9.17, 15) is 28.8 Å². The molecule has 3 saturated heterocycles. The summed E-state index contributed by atoms with van der Waals surface area (Å²) < 4.78 is 39.8. The predicted molar refractivity (Wildman–Crippen MR) is 447 cm³/mol. The van der Waals surface area contributed by atoms with Crippen LogP contribution in [-0.4, -0.2) is 267 Å². The lowest BCUT2D eigenvalue weighted by atomic mass is 10.1. The number of carbonyl (C=O) groups excluding carboxylic acids is 6. The number of carbonyl (C=O) groups is 6. The first-order chi connectivity index (χ1) is 54.5. The predicted octanol–water partition coefficient (Wildman–Crippen LogP) is 13.8. The third-order valence-electron chi connectivity index (χ3n) is 18.9. The molecule has 3 aliphatic rings. The Balaban J connectivity index is 0.000000180. The Morgan fingerprint density at radius 1 is 0.416 bits per heavy atom. The molecule has 3 fully saturated rings. The molecular weight excluding hydrogens is 1550 g/mol. The number of esters is 3. The molecule has 0 radical (unpaired) electrons. The number of thiophene rings is 1. The molecule has 0 aliphatic carbocycles. The molecule has 9 aromatic rings. The molecule has 25 nitrogen and oxygen atoms in total. The van der Waals surface area contributed by atoms with E-state index in [1.54, 1.807) is 93.4 Å². The molecule has 0 spiro atoms. The summed E-state index contributed by atoms with van der Waals surface area (Å²) in [5.41, 5.74) is 6.13. The first-order valence-corrected chi connectivity index (χ1v) is 40.2. The Morgan fingerprint density at radius 3 is 1.18 bits per heavy atom. The number of amides is 3. The highest BCUT2D eigenvalue weighted by Gasteiger charge is 2.35. The number of methoxy groups -OCH3 is 1. The minimum atomic E-state index is -0.515. The maximum Gasteiger partial charge on any atom is 0.345 e. The molecule has 0 unspecified atom stereocenters.